The molecule has 3 aliphatic rings. The smallest absolute Gasteiger partial charge is 0.225 e. The zero-order valence-corrected chi connectivity index (χ0v) is 15.2. The number of hydrogen-bond acceptors (Lipinski definition) is 4. The van der Waals surface area contributed by atoms with Crippen molar-refractivity contribution in [2.24, 2.45) is 5.92 Å². The van der Waals surface area contributed by atoms with Crippen molar-refractivity contribution < 1.29 is 4.79 Å². The number of ketones is 1. The molecule has 2 aromatic rings. The summed E-state index contributed by atoms with van der Waals surface area (Å²) in [6.07, 6.45) is 9.83. The number of anilines is 1. The predicted octanol–water partition coefficient (Wildman–Crippen LogP) is 4.27. The van der Waals surface area contributed by atoms with Gasteiger partial charge in [0.15, 0.2) is 0 Å². The van der Waals surface area contributed by atoms with Gasteiger partial charge in [-0.1, -0.05) is 49.1 Å². The van der Waals surface area contributed by atoms with E-state index in [0.29, 0.717) is 17.2 Å². The Morgan fingerprint density at radius 3 is 2.69 bits per heavy atom. The maximum Gasteiger partial charge on any atom is 0.225 e. The zero-order chi connectivity index (χ0) is 17.7. The van der Waals surface area contributed by atoms with Gasteiger partial charge in [0, 0.05) is 23.1 Å². The number of nitrogens with zero attached hydrogens (tertiary/aromatic N) is 3. The van der Waals surface area contributed by atoms with Gasteiger partial charge in [0.25, 0.3) is 0 Å². The third-order valence-corrected chi connectivity index (χ3v) is 6.47. The van der Waals surface area contributed by atoms with Gasteiger partial charge in [0.1, 0.15) is 12.1 Å². The number of allylic oxidation sites excluding steroid dienone is 2. The fraction of sp³-hybridized carbons (Fsp3) is 0.450. The molecule has 0 radical (unpaired) electrons. The number of fused-ring (bicyclic) bond motifs is 4. The fourth-order valence-electron chi connectivity index (χ4n) is 5.08. The monoisotopic (exact) mass is 368 g/mol. The van der Waals surface area contributed by atoms with E-state index in [9.17, 15) is 4.79 Å². The summed E-state index contributed by atoms with van der Waals surface area (Å²) in [4.78, 5) is 17.7. The molecule has 134 valence electrons. The van der Waals surface area contributed by atoms with E-state index in [1.54, 1.807) is 6.33 Å². The van der Waals surface area contributed by atoms with Crippen LogP contribution in [-0.4, -0.2) is 20.5 Å². The van der Waals surface area contributed by atoms with Gasteiger partial charge >= 0.3 is 0 Å². The second kappa shape index (κ2) is 5.95. The number of carbonyl (C=O) groups excluding carboxylic acids is 1. The highest BCUT2D eigenvalue weighted by Gasteiger charge is 2.53. The van der Waals surface area contributed by atoms with Crippen molar-refractivity contribution in [3.63, 3.8) is 0 Å². The maximum atomic E-state index is 13.3. The highest BCUT2D eigenvalue weighted by molar-refractivity contribution is 6.30. The van der Waals surface area contributed by atoms with Gasteiger partial charge in [-0.3, -0.25) is 4.79 Å². The van der Waals surface area contributed by atoms with Crippen LogP contribution in [0.25, 0.3) is 0 Å². The second-order valence-corrected chi connectivity index (χ2v) is 8.10. The van der Waals surface area contributed by atoms with Crippen LogP contribution in [-0.2, 0) is 10.3 Å². The number of aromatic nitrogens is 3. The molecule has 2 atom stereocenters. The summed E-state index contributed by atoms with van der Waals surface area (Å²) in [5.41, 5.74) is 1.88. The van der Waals surface area contributed by atoms with Crippen molar-refractivity contribution in [1.82, 2.24) is 14.8 Å². The Hall–Kier alpha value is -2.14. The van der Waals surface area contributed by atoms with E-state index in [4.69, 9.17) is 11.6 Å². The Labute approximate surface area is 157 Å². The van der Waals surface area contributed by atoms with Crippen LogP contribution in [0.15, 0.2) is 42.4 Å². The van der Waals surface area contributed by atoms with E-state index in [-0.39, 0.29) is 17.4 Å². The molecular weight excluding hydrogens is 348 g/mol. The highest BCUT2D eigenvalue weighted by atomic mass is 35.5. The van der Waals surface area contributed by atoms with Crippen LogP contribution in [0.4, 0.5) is 5.95 Å². The molecule has 0 bridgehead atoms. The SMILES string of the molecule is O=C1C[C@@H](c2ccc(Cl)cc2)C=C2Nc3ncnn3C3(CCCCC3)[C@@H]12. The molecular formula is C20H21ClN4O. The minimum Gasteiger partial charge on any atom is -0.328 e. The lowest BCUT2D eigenvalue weighted by molar-refractivity contribution is -0.127. The summed E-state index contributed by atoms with van der Waals surface area (Å²) < 4.78 is 1.99. The molecule has 0 amide bonds. The van der Waals surface area contributed by atoms with Crippen LogP contribution in [0.1, 0.15) is 50.0 Å². The molecule has 5 nitrogen and oxygen atoms in total. The van der Waals surface area contributed by atoms with E-state index < -0.39 is 0 Å². The summed E-state index contributed by atoms with van der Waals surface area (Å²) in [7, 11) is 0. The number of nitrogens with one attached hydrogen (secondary N) is 1. The third kappa shape index (κ3) is 2.33. The molecule has 0 unspecified atom stereocenters. The summed E-state index contributed by atoms with van der Waals surface area (Å²) in [6.45, 7) is 0. The van der Waals surface area contributed by atoms with Crippen LogP contribution in [0.5, 0.6) is 0 Å². The van der Waals surface area contributed by atoms with Crippen molar-refractivity contribution in [1.29, 1.82) is 0 Å². The minimum absolute atomic E-state index is 0.0774. The van der Waals surface area contributed by atoms with Gasteiger partial charge in [-0.05, 0) is 30.5 Å². The van der Waals surface area contributed by atoms with Gasteiger partial charge < -0.3 is 5.32 Å². The number of hydrogen-bond donors (Lipinski definition) is 1. The molecule has 1 aromatic carbocycles. The highest BCUT2D eigenvalue weighted by Crippen LogP contribution is 2.51. The van der Waals surface area contributed by atoms with E-state index in [1.807, 2.05) is 28.9 Å². The van der Waals surface area contributed by atoms with Crippen LogP contribution in [0.3, 0.4) is 0 Å². The van der Waals surface area contributed by atoms with Gasteiger partial charge in [0.2, 0.25) is 5.95 Å². The summed E-state index contributed by atoms with van der Waals surface area (Å²) in [5.74, 6) is 1.01. The third-order valence-electron chi connectivity index (χ3n) is 6.22. The van der Waals surface area contributed by atoms with Gasteiger partial charge in [0.05, 0.1) is 11.5 Å². The average Bonchev–Trinajstić information content (AvgIpc) is 3.12. The first-order chi connectivity index (χ1) is 12.7. The largest absolute Gasteiger partial charge is 0.328 e. The predicted molar refractivity (Wildman–Crippen MR) is 100 cm³/mol. The lowest BCUT2D eigenvalue weighted by Gasteiger charge is -2.48. The molecule has 0 saturated heterocycles. The van der Waals surface area contributed by atoms with E-state index in [2.05, 4.69) is 21.5 Å². The number of carbonyl (C=O) groups is 1. The van der Waals surface area contributed by atoms with Crippen molar-refractivity contribution in [2.75, 3.05) is 5.32 Å². The maximum absolute atomic E-state index is 13.3. The Balaban J connectivity index is 1.60. The standard InChI is InChI=1S/C20H21ClN4O/c21-15-6-4-13(5-7-15)14-10-16-18(17(26)11-14)20(8-2-1-3-9-20)25-19(24-16)22-12-23-25/h4-7,10,12,14,18H,1-3,8-9,11H2,(H,22,23,24)/t14-,18+/m0/s1. The van der Waals surface area contributed by atoms with Crippen molar-refractivity contribution >= 4 is 23.3 Å². The lowest BCUT2D eigenvalue weighted by atomic mass is 9.65. The van der Waals surface area contributed by atoms with Gasteiger partial charge in [-0.2, -0.15) is 10.1 Å². The fourth-order valence-corrected chi connectivity index (χ4v) is 5.20. The van der Waals surface area contributed by atoms with Crippen LogP contribution >= 0.6 is 11.6 Å². The average molecular weight is 369 g/mol. The molecule has 1 saturated carbocycles. The molecule has 1 fully saturated rings. The summed E-state index contributed by atoms with van der Waals surface area (Å²) >= 11 is 6.02. The molecule has 1 spiro atoms. The van der Waals surface area contributed by atoms with Crippen LogP contribution < -0.4 is 5.32 Å². The molecule has 2 heterocycles. The van der Waals surface area contributed by atoms with E-state index in [1.165, 1.54) is 6.42 Å². The lowest BCUT2D eigenvalue weighted by Crippen LogP contribution is -2.53. The molecule has 1 aromatic heterocycles. The Bertz CT molecular complexity index is 879. The molecule has 1 aliphatic heterocycles. The first kappa shape index (κ1) is 16.1. The first-order valence-corrected chi connectivity index (χ1v) is 9.73. The zero-order valence-electron chi connectivity index (χ0n) is 14.5. The minimum atomic E-state index is -0.247. The normalized spacial score (nSPS) is 26.7. The molecule has 1 N–H and O–H groups in total. The van der Waals surface area contributed by atoms with E-state index >= 15 is 0 Å². The molecule has 2 aliphatic carbocycles. The van der Waals surface area contributed by atoms with Gasteiger partial charge in [-0.15, -0.1) is 0 Å². The number of halogens is 1. The second-order valence-electron chi connectivity index (χ2n) is 7.67. The van der Waals surface area contributed by atoms with Crippen LogP contribution in [0.2, 0.25) is 5.02 Å². The number of benzene rings is 1. The Morgan fingerprint density at radius 2 is 1.92 bits per heavy atom. The Kier molecular flexibility index (Phi) is 3.67. The summed E-state index contributed by atoms with van der Waals surface area (Å²) in [6, 6.07) is 7.80. The van der Waals surface area contributed by atoms with Crippen molar-refractivity contribution in [3.8, 4) is 0 Å². The number of Topliss-reactive ketones (excluding diaryl/α,β-unsaturated/α-hetero) is 1. The van der Waals surface area contributed by atoms with Gasteiger partial charge in [-0.25, -0.2) is 4.68 Å². The molecule has 5 rings (SSSR count). The Morgan fingerprint density at radius 1 is 1.15 bits per heavy atom. The summed E-state index contributed by atoms with van der Waals surface area (Å²) in [5, 5.41) is 8.60. The van der Waals surface area contributed by atoms with Crippen molar-refractivity contribution in [2.45, 2.75) is 50.0 Å². The molecule has 26 heavy (non-hydrogen) atoms. The van der Waals surface area contributed by atoms with Crippen molar-refractivity contribution in [3.05, 3.63) is 53.0 Å². The van der Waals surface area contributed by atoms with Crippen LogP contribution in [0, 0.1) is 5.92 Å². The number of rotatable bonds is 1. The first-order valence-electron chi connectivity index (χ1n) is 9.35. The molecule has 6 heteroatoms. The van der Waals surface area contributed by atoms with E-state index in [0.717, 1.165) is 42.9 Å². The topological polar surface area (TPSA) is 59.8 Å². The quantitative estimate of drug-likeness (QED) is 0.816.